The second-order valence-corrected chi connectivity index (χ2v) is 5.06. The molecule has 0 saturated carbocycles. The minimum Gasteiger partial charge on any atom is -0.508 e. The molecule has 0 aliphatic rings. The van der Waals surface area contributed by atoms with Crippen LogP contribution in [0.1, 0.15) is 15.9 Å². The Hall–Kier alpha value is -1.94. The second-order valence-electron chi connectivity index (χ2n) is 4.19. The minimum absolute atomic E-state index is 0.165. The smallest absolute Gasteiger partial charge is 0.255 e. The Morgan fingerprint density at radius 2 is 2.00 bits per heavy atom. The lowest BCUT2D eigenvalue weighted by Gasteiger charge is -2.09. The molecule has 4 heteroatoms. The molecular weight excluding hydrogens is 258 g/mol. The van der Waals surface area contributed by atoms with Gasteiger partial charge in [0.25, 0.3) is 5.91 Å². The largest absolute Gasteiger partial charge is 0.508 e. The van der Waals surface area contributed by atoms with E-state index in [9.17, 15) is 9.90 Å². The minimum atomic E-state index is -0.171. The third kappa shape index (κ3) is 3.29. The molecule has 0 atom stereocenters. The molecular formula is C15H15NO2S. The van der Waals surface area contributed by atoms with Crippen LogP contribution in [0.15, 0.2) is 47.4 Å². The lowest BCUT2D eigenvalue weighted by molar-refractivity contribution is 0.102. The van der Waals surface area contributed by atoms with Gasteiger partial charge in [-0.15, -0.1) is 11.8 Å². The van der Waals surface area contributed by atoms with Crippen LogP contribution < -0.4 is 5.32 Å². The molecule has 3 nitrogen and oxygen atoms in total. The highest BCUT2D eigenvalue weighted by Crippen LogP contribution is 2.21. The fourth-order valence-electron chi connectivity index (χ4n) is 1.80. The lowest BCUT2D eigenvalue weighted by Crippen LogP contribution is -2.13. The summed E-state index contributed by atoms with van der Waals surface area (Å²) in [6.07, 6.45) is 1.99. The zero-order chi connectivity index (χ0) is 13.8. The number of aryl methyl sites for hydroxylation is 1. The van der Waals surface area contributed by atoms with Gasteiger partial charge in [-0.3, -0.25) is 4.79 Å². The predicted molar refractivity (Wildman–Crippen MR) is 79.0 cm³/mol. The van der Waals surface area contributed by atoms with Crippen molar-refractivity contribution >= 4 is 23.4 Å². The number of rotatable bonds is 3. The number of nitrogens with one attached hydrogen (secondary N) is 1. The Kier molecular flexibility index (Phi) is 4.12. The van der Waals surface area contributed by atoms with Crippen LogP contribution in [0.5, 0.6) is 5.75 Å². The number of carbonyl (C=O) groups excluding carboxylic acids is 1. The van der Waals surface area contributed by atoms with Crippen molar-refractivity contribution in [3.63, 3.8) is 0 Å². The summed E-state index contributed by atoms with van der Waals surface area (Å²) in [5.41, 5.74) is 2.08. The number of amides is 1. The number of hydrogen-bond donors (Lipinski definition) is 2. The Bertz CT molecular complexity index is 611. The molecule has 2 rings (SSSR count). The SMILES string of the molecule is CSc1cccc(NC(=O)c2ccc(O)cc2C)c1. The maximum Gasteiger partial charge on any atom is 0.255 e. The van der Waals surface area contributed by atoms with Crippen molar-refractivity contribution in [1.82, 2.24) is 0 Å². The van der Waals surface area contributed by atoms with E-state index < -0.39 is 0 Å². The Balaban J connectivity index is 2.20. The van der Waals surface area contributed by atoms with Crippen molar-refractivity contribution in [3.8, 4) is 5.75 Å². The van der Waals surface area contributed by atoms with Crippen LogP contribution >= 0.6 is 11.8 Å². The summed E-state index contributed by atoms with van der Waals surface area (Å²) in [7, 11) is 0. The lowest BCUT2D eigenvalue weighted by atomic mass is 10.1. The van der Waals surface area contributed by atoms with Gasteiger partial charge >= 0.3 is 0 Å². The number of benzene rings is 2. The molecule has 98 valence electrons. The monoisotopic (exact) mass is 273 g/mol. The van der Waals surface area contributed by atoms with E-state index in [-0.39, 0.29) is 11.7 Å². The molecule has 0 aromatic heterocycles. The van der Waals surface area contributed by atoms with Crippen LogP contribution in [0.3, 0.4) is 0 Å². The molecule has 19 heavy (non-hydrogen) atoms. The van der Waals surface area contributed by atoms with Gasteiger partial charge in [-0.05, 0) is 55.1 Å². The van der Waals surface area contributed by atoms with E-state index in [0.717, 1.165) is 16.1 Å². The molecule has 2 N–H and O–H groups in total. The summed E-state index contributed by atoms with van der Waals surface area (Å²) in [4.78, 5) is 13.2. The van der Waals surface area contributed by atoms with Gasteiger partial charge in [0, 0.05) is 16.1 Å². The Morgan fingerprint density at radius 3 is 2.68 bits per heavy atom. The summed E-state index contributed by atoms with van der Waals surface area (Å²) < 4.78 is 0. The zero-order valence-corrected chi connectivity index (χ0v) is 11.6. The molecule has 0 aliphatic heterocycles. The first kappa shape index (κ1) is 13.5. The van der Waals surface area contributed by atoms with Crippen LogP contribution in [0.4, 0.5) is 5.69 Å². The number of aromatic hydroxyl groups is 1. The number of carbonyl (C=O) groups is 1. The van der Waals surface area contributed by atoms with E-state index in [0.29, 0.717) is 5.56 Å². The van der Waals surface area contributed by atoms with Crippen LogP contribution in [-0.4, -0.2) is 17.3 Å². The maximum atomic E-state index is 12.1. The average molecular weight is 273 g/mol. The number of phenols is 1. The molecule has 2 aromatic rings. The molecule has 0 bridgehead atoms. The normalized spacial score (nSPS) is 10.2. The summed E-state index contributed by atoms with van der Waals surface area (Å²) >= 11 is 1.63. The summed E-state index contributed by atoms with van der Waals surface area (Å²) in [6.45, 7) is 1.80. The van der Waals surface area contributed by atoms with E-state index in [1.54, 1.807) is 30.8 Å². The van der Waals surface area contributed by atoms with E-state index in [4.69, 9.17) is 0 Å². The highest BCUT2D eigenvalue weighted by Gasteiger charge is 2.09. The van der Waals surface area contributed by atoms with Crippen LogP contribution in [0.2, 0.25) is 0 Å². The number of thioether (sulfide) groups is 1. The van der Waals surface area contributed by atoms with Crippen LogP contribution in [0, 0.1) is 6.92 Å². The highest BCUT2D eigenvalue weighted by atomic mass is 32.2. The van der Waals surface area contributed by atoms with Crippen molar-refractivity contribution in [1.29, 1.82) is 0 Å². The zero-order valence-electron chi connectivity index (χ0n) is 10.8. The Morgan fingerprint density at radius 1 is 1.21 bits per heavy atom. The molecule has 0 aliphatic carbocycles. The summed E-state index contributed by atoms with van der Waals surface area (Å²) in [5, 5.41) is 12.2. The van der Waals surface area contributed by atoms with Crippen molar-refractivity contribution in [3.05, 3.63) is 53.6 Å². The molecule has 0 heterocycles. The van der Waals surface area contributed by atoms with E-state index >= 15 is 0 Å². The van der Waals surface area contributed by atoms with Gasteiger partial charge in [0.1, 0.15) is 5.75 Å². The molecule has 0 unspecified atom stereocenters. The van der Waals surface area contributed by atoms with Gasteiger partial charge in [-0.1, -0.05) is 6.07 Å². The van der Waals surface area contributed by atoms with Crippen molar-refractivity contribution < 1.29 is 9.90 Å². The van der Waals surface area contributed by atoms with Crippen molar-refractivity contribution in [2.24, 2.45) is 0 Å². The van der Waals surface area contributed by atoms with Gasteiger partial charge in [-0.2, -0.15) is 0 Å². The van der Waals surface area contributed by atoms with Gasteiger partial charge in [0.2, 0.25) is 0 Å². The van der Waals surface area contributed by atoms with Crippen molar-refractivity contribution in [2.45, 2.75) is 11.8 Å². The number of anilines is 1. The molecule has 0 saturated heterocycles. The van der Waals surface area contributed by atoms with E-state index in [1.807, 2.05) is 30.5 Å². The molecule has 0 radical (unpaired) electrons. The maximum absolute atomic E-state index is 12.1. The van der Waals surface area contributed by atoms with Crippen LogP contribution in [-0.2, 0) is 0 Å². The van der Waals surface area contributed by atoms with Crippen molar-refractivity contribution in [2.75, 3.05) is 11.6 Å². The Labute approximate surface area is 116 Å². The standard InChI is InChI=1S/C15H15NO2S/c1-10-8-12(17)6-7-14(10)15(18)16-11-4-3-5-13(9-11)19-2/h3-9,17H,1-2H3,(H,16,18). The fraction of sp³-hybridized carbons (Fsp3) is 0.133. The third-order valence-corrected chi connectivity index (χ3v) is 3.51. The summed E-state index contributed by atoms with van der Waals surface area (Å²) in [5.74, 6) is -0.00539. The topological polar surface area (TPSA) is 49.3 Å². The molecule has 0 fully saturated rings. The predicted octanol–water partition coefficient (Wildman–Crippen LogP) is 3.67. The summed E-state index contributed by atoms with van der Waals surface area (Å²) in [6, 6.07) is 12.4. The average Bonchev–Trinajstić information content (AvgIpc) is 2.38. The quantitative estimate of drug-likeness (QED) is 0.839. The first-order chi connectivity index (χ1) is 9.10. The first-order valence-corrected chi connectivity index (χ1v) is 7.07. The van der Waals surface area contributed by atoms with E-state index in [2.05, 4.69) is 5.32 Å². The molecule has 2 aromatic carbocycles. The third-order valence-electron chi connectivity index (χ3n) is 2.78. The van der Waals surface area contributed by atoms with E-state index in [1.165, 1.54) is 6.07 Å². The van der Waals surface area contributed by atoms with Gasteiger partial charge < -0.3 is 10.4 Å². The van der Waals surface area contributed by atoms with Crippen LogP contribution in [0.25, 0.3) is 0 Å². The fourth-order valence-corrected chi connectivity index (χ4v) is 2.26. The molecule has 0 spiro atoms. The number of phenolic OH excluding ortho intramolecular Hbond substituents is 1. The van der Waals surface area contributed by atoms with Gasteiger partial charge in [-0.25, -0.2) is 0 Å². The second kappa shape index (κ2) is 5.80. The number of hydrogen-bond acceptors (Lipinski definition) is 3. The van der Waals surface area contributed by atoms with Gasteiger partial charge in [0.15, 0.2) is 0 Å². The molecule has 1 amide bonds. The first-order valence-electron chi connectivity index (χ1n) is 5.85. The highest BCUT2D eigenvalue weighted by molar-refractivity contribution is 7.98. The van der Waals surface area contributed by atoms with Gasteiger partial charge in [0.05, 0.1) is 0 Å².